The van der Waals surface area contributed by atoms with E-state index >= 15 is 0 Å². The van der Waals surface area contributed by atoms with Crippen LogP contribution in [-0.4, -0.2) is 15.5 Å². The summed E-state index contributed by atoms with van der Waals surface area (Å²) in [5.41, 5.74) is 2.52. The molecule has 0 aliphatic rings. The topological polar surface area (TPSA) is 78.1 Å². The quantitative estimate of drug-likeness (QED) is 0.716. The van der Waals surface area contributed by atoms with E-state index in [0.29, 0.717) is 12.8 Å². The van der Waals surface area contributed by atoms with Crippen molar-refractivity contribution in [3.63, 3.8) is 0 Å². The smallest absolute Gasteiger partial charge is 0.144 e. The maximum absolute atomic E-state index is 5.26. The van der Waals surface area contributed by atoms with Gasteiger partial charge in [-0.05, 0) is 13.8 Å². The lowest BCUT2D eigenvalue weighted by Gasteiger charge is -1.87. The van der Waals surface area contributed by atoms with Crippen molar-refractivity contribution in [2.45, 2.75) is 26.7 Å². The van der Waals surface area contributed by atoms with Crippen molar-refractivity contribution < 1.29 is 13.6 Å². The van der Waals surface area contributed by atoms with Gasteiger partial charge in [-0.25, -0.2) is 0 Å². The first-order valence-electron chi connectivity index (χ1n) is 5.98. The Bertz CT molecular complexity index is 624. The lowest BCUT2D eigenvalue weighted by molar-refractivity contribution is 0.349. The van der Waals surface area contributed by atoms with Crippen LogP contribution in [0.25, 0.3) is 0 Å². The Hall–Kier alpha value is -2.37. The summed E-state index contributed by atoms with van der Waals surface area (Å²) in [5, 5.41) is 11.7. The van der Waals surface area contributed by atoms with E-state index in [1.807, 2.05) is 32.0 Å². The van der Waals surface area contributed by atoms with Crippen LogP contribution in [0, 0.1) is 13.8 Å². The molecule has 0 bridgehead atoms. The van der Waals surface area contributed by atoms with E-state index in [1.54, 1.807) is 0 Å². The summed E-state index contributed by atoms with van der Waals surface area (Å²) in [6, 6.07) is 5.64. The monoisotopic (exact) mass is 259 g/mol. The van der Waals surface area contributed by atoms with Crippen molar-refractivity contribution in [1.29, 1.82) is 0 Å². The van der Waals surface area contributed by atoms with Gasteiger partial charge in [0.25, 0.3) is 0 Å². The number of hydrogen-bond acceptors (Lipinski definition) is 6. The molecule has 0 spiro atoms. The third-order valence-corrected chi connectivity index (χ3v) is 2.67. The van der Waals surface area contributed by atoms with Crippen LogP contribution in [0.2, 0.25) is 0 Å². The standard InChI is InChI=1S/C13H13N3O3/c1-8-3-11(17-14-8)5-10-6-13(19-16-10)7-12-4-9(2)15-18-12/h3-4,6H,5,7H2,1-2H3. The fourth-order valence-corrected chi connectivity index (χ4v) is 1.87. The summed E-state index contributed by atoms with van der Waals surface area (Å²) >= 11 is 0. The summed E-state index contributed by atoms with van der Waals surface area (Å²) in [6.07, 6.45) is 1.11. The maximum Gasteiger partial charge on any atom is 0.144 e. The zero-order valence-electron chi connectivity index (χ0n) is 10.7. The van der Waals surface area contributed by atoms with Crippen molar-refractivity contribution in [2.75, 3.05) is 0 Å². The minimum Gasteiger partial charge on any atom is -0.361 e. The number of aromatic nitrogens is 3. The van der Waals surface area contributed by atoms with E-state index in [-0.39, 0.29) is 0 Å². The predicted molar refractivity (Wildman–Crippen MR) is 64.6 cm³/mol. The molecule has 0 aliphatic heterocycles. The van der Waals surface area contributed by atoms with Crippen LogP contribution in [0.4, 0.5) is 0 Å². The Morgan fingerprint density at radius 3 is 1.84 bits per heavy atom. The first-order valence-corrected chi connectivity index (χ1v) is 5.98. The molecule has 0 saturated heterocycles. The fourth-order valence-electron chi connectivity index (χ4n) is 1.87. The van der Waals surface area contributed by atoms with Crippen LogP contribution in [0.5, 0.6) is 0 Å². The van der Waals surface area contributed by atoms with E-state index in [2.05, 4.69) is 15.5 Å². The number of rotatable bonds is 4. The van der Waals surface area contributed by atoms with Crippen LogP contribution in [0.1, 0.15) is 34.4 Å². The molecule has 3 rings (SSSR count). The van der Waals surface area contributed by atoms with Gasteiger partial charge < -0.3 is 13.6 Å². The second-order valence-electron chi connectivity index (χ2n) is 4.51. The first-order chi connectivity index (χ1) is 9.19. The second-order valence-corrected chi connectivity index (χ2v) is 4.51. The molecule has 3 heterocycles. The number of hydrogen-bond donors (Lipinski definition) is 0. The predicted octanol–water partition coefficient (Wildman–Crippen LogP) is 2.45. The number of nitrogens with zero attached hydrogens (tertiary/aromatic N) is 3. The third-order valence-electron chi connectivity index (χ3n) is 2.67. The molecule has 0 radical (unpaired) electrons. The average Bonchev–Trinajstić information content (AvgIpc) is 3.05. The zero-order valence-corrected chi connectivity index (χ0v) is 10.7. The van der Waals surface area contributed by atoms with Gasteiger partial charge in [0.15, 0.2) is 0 Å². The molecule has 3 aromatic heterocycles. The molecule has 0 aliphatic carbocycles. The minimum atomic E-state index is 0.545. The Morgan fingerprint density at radius 2 is 1.26 bits per heavy atom. The van der Waals surface area contributed by atoms with Crippen molar-refractivity contribution >= 4 is 0 Å². The molecule has 0 amide bonds. The molecule has 0 fully saturated rings. The SMILES string of the molecule is Cc1cc(Cc2cc(Cc3cc(C)no3)on2)on1. The molecule has 6 nitrogen and oxygen atoms in total. The molecular formula is C13H13N3O3. The Balaban J connectivity index is 1.69. The highest BCUT2D eigenvalue weighted by Crippen LogP contribution is 2.15. The maximum atomic E-state index is 5.26. The molecule has 0 N–H and O–H groups in total. The van der Waals surface area contributed by atoms with Crippen LogP contribution >= 0.6 is 0 Å². The van der Waals surface area contributed by atoms with E-state index in [9.17, 15) is 0 Å². The molecular weight excluding hydrogens is 246 g/mol. The third kappa shape index (κ3) is 2.73. The molecule has 98 valence electrons. The van der Waals surface area contributed by atoms with Crippen LogP contribution in [0.15, 0.2) is 31.8 Å². The van der Waals surface area contributed by atoms with Crippen molar-refractivity contribution in [1.82, 2.24) is 15.5 Å². The molecule has 3 aromatic rings. The van der Waals surface area contributed by atoms with E-state index in [1.165, 1.54) is 0 Å². The van der Waals surface area contributed by atoms with Crippen molar-refractivity contribution in [2.24, 2.45) is 0 Å². The first kappa shape index (κ1) is 11.7. The largest absolute Gasteiger partial charge is 0.361 e. The Labute approximate surface area is 109 Å². The Morgan fingerprint density at radius 1 is 0.737 bits per heavy atom. The Kier molecular flexibility index (Phi) is 2.91. The van der Waals surface area contributed by atoms with Gasteiger partial charge in [-0.15, -0.1) is 0 Å². The fraction of sp³-hybridized carbons (Fsp3) is 0.308. The highest BCUT2D eigenvalue weighted by molar-refractivity contribution is 5.17. The molecule has 0 unspecified atom stereocenters. The zero-order chi connectivity index (χ0) is 13.2. The summed E-state index contributed by atoms with van der Waals surface area (Å²) < 4.78 is 15.5. The molecule has 0 aromatic carbocycles. The summed E-state index contributed by atoms with van der Waals surface area (Å²) in [6.45, 7) is 3.76. The van der Waals surface area contributed by atoms with E-state index < -0.39 is 0 Å². The molecule has 0 saturated carbocycles. The van der Waals surface area contributed by atoms with Crippen LogP contribution in [0.3, 0.4) is 0 Å². The molecule has 19 heavy (non-hydrogen) atoms. The molecule has 6 heteroatoms. The van der Waals surface area contributed by atoms with Crippen LogP contribution < -0.4 is 0 Å². The highest BCUT2D eigenvalue weighted by atomic mass is 16.5. The normalized spacial score (nSPS) is 11.1. The summed E-state index contributed by atoms with van der Waals surface area (Å²) in [5.74, 6) is 2.27. The van der Waals surface area contributed by atoms with Gasteiger partial charge >= 0.3 is 0 Å². The van der Waals surface area contributed by atoms with Gasteiger partial charge in [0.2, 0.25) is 0 Å². The minimum absolute atomic E-state index is 0.545. The van der Waals surface area contributed by atoms with Gasteiger partial charge in [-0.1, -0.05) is 15.5 Å². The van der Waals surface area contributed by atoms with Gasteiger partial charge in [-0.2, -0.15) is 0 Å². The lowest BCUT2D eigenvalue weighted by atomic mass is 10.2. The van der Waals surface area contributed by atoms with Gasteiger partial charge in [-0.3, -0.25) is 0 Å². The average molecular weight is 259 g/mol. The summed E-state index contributed by atoms with van der Waals surface area (Å²) in [7, 11) is 0. The number of aryl methyl sites for hydroxylation is 2. The second kappa shape index (κ2) is 4.72. The van der Waals surface area contributed by atoms with Crippen molar-refractivity contribution in [3.8, 4) is 0 Å². The summed E-state index contributed by atoms with van der Waals surface area (Å²) in [4.78, 5) is 0. The van der Waals surface area contributed by atoms with Gasteiger partial charge in [0.1, 0.15) is 17.3 Å². The van der Waals surface area contributed by atoms with Crippen LogP contribution in [-0.2, 0) is 12.8 Å². The van der Waals surface area contributed by atoms with E-state index in [4.69, 9.17) is 13.6 Å². The highest BCUT2D eigenvalue weighted by Gasteiger charge is 2.11. The van der Waals surface area contributed by atoms with Crippen molar-refractivity contribution in [3.05, 3.63) is 52.6 Å². The van der Waals surface area contributed by atoms with Gasteiger partial charge in [0, 0.05) is 18.2 Å². The lowest BCUT2D eigenvalue weighted by Crippen LogP contribution is -1.85. The molecule has 0 atom stereocenters. The van der Waals surface area contributed by atoms with Gasteiger partial charge in [0.05, 0.1) is 29.9 Å². The van der Waals surface area contributed by atoms with E-state index in [0.717, 1.165) is 34.4 Å².